The zero-order chi connectivity index (χ0) is 16.6. The van der Waals surface area contributed by atoms with Gasteiger partial charge < -0.3 is 10.1 Å². The van der Waals surface area contributed by atoms with Gasteiger partial charge in [-0.25, -0.2) is 0 Å². The number of hydrogen-bond acceptors (Lipinski definition) is 2. The van der Waals surface area contributed by atoms with Crippen molar-refractivity contribution in [3.8, 4) is 5.75 Å². The number of nitrogens with one attached hydrogen (secondary N) is 1. The zero-order valence-corrected chi connectivity index (χ0v) is 15.5. The van der Waals surface area contributed by atoms with Crippen molar-refractivity contribution >= 4 is 0 Å². The molecular weight excluding hydrogens is 294 g/mol. The summed E-state index contributed by atoms with van der Waals surface area (Å²) in [7, 11) is 0. The third-order valence-electron chi connectivity index (χ3n) is 7.28. The first-order valence-corrected chi connectivity index (χ1v) is 10.3. The highest BCUT2D eigenvalue weighted by molar-refractivity contribution is 5.47. The van der Waals surface area contributed by atoms with Gasteiger partial charge in [0.15, 0.2) is 0 Å². The van der Waals surface area contributed by atoms with Crippen LogP contribution in [-0.4, -0.2) is 19.2 Å². The Morgan fingerprint density at radius 2 is 2.04 bits per heavy atom. The lowest BCUT2D eigenvalue weighted by atomic mass is 9.50. The molecule has 3 aliphatic rings. The van der Waals surface area contributed by atoms with Gasteiger partial charge in [-0.1, -0.05) is 32.8 Å². The maximum atomic E-state index is 6.00. The molecule has 0 radical (unpaired) electrons. The number of ether oxygens (including phenoxy) is 1. The van der Waals surface area contributed by atoms with Crippen LogP contribution in [0.15, 0.2) is 18.2 Å². The fraction of sp³-hybridized carbons (Fsp3) is 0.727. The van der Waals surface area contributed by atoms with Crippen molar-refractivity contribution in [1.29, 1.82) is 0 Å². The van der Waals surface area contributed by atoms with E-state index in [-0.39, 0.29) is 0 Å². The molecule has 0 spiro atoms. The van der Waals surface area contributed by atoms with Crippen molar-refractivity contribution in [1.82, 2.24) is 5.32 Å². The Kier molecular flexibility index (Phi) is 4.36. The standard InChI is InChI=1S/C22H33NO/c1-3-6-20-22-11-5-10-21(22,13-14-23-20)19-16-18(24-15-4-2)8-7-17(19)9-12-22/h7-8,16,20,23H,3-6,9-15H2,1-2H3. The van der Waals surface area contributed by atoms with E-state index in [4.69, 9.17) is 4.74 Å². The van der Waals surface area contributed by atoms with Crippen LogP contribution >= 0.6 is 0 Å². The Labute approximate surface area is 147 Å². The second kappa shape index (κ2) is 6.37. The normalized spacial score (nSPS) is 34.3. The Bertz CT molecular complexity index is 596. The summed E-state index contributed by atoms with van der Waals surface area (Å²) < 4.78 is 6.00. The van der Waals surface area contributed by atoms with Crippen LogP contribution in [0.5, 0.6) is 5.75 Å². The number of aryl methyl sites for hydroxylation is 1. The highest BCUT2D eigenvalue weighted by atomic mass is 16.5. The number of fused-ring (bicyclic) bond motifs is 1. The molecule has 3 atom stereocenters. The Morgan fingerprint density at radius 3 is 2.88 bits per heavy atom. The number of rotatable bonds is 5. The van der Waals surface area contributed by atoms with Gasteiger partial charge in [-0.3, -0.25) is 0 Å². The topological polar surface area (TPSA) is 21.3 Å². The van der Waals surface area contributed by atoms with Gasteiger partial charge in [-0.15, -0.1) is 0 Å². The third kappa shape index (κ3) is 2.25. The minimum absolute atomic E-state index is 0.414. The molecule has 0 bridgehead atoms. The maximum Gasteiger partial charge on any atom is 0.119 e. The summed E-state index contributed by atoms with van der Waals surface area (Å²) in [4.78, 5) is 0. The lowest BCUT2D eigenvalue weighted by Gasteiger charge is -2.58. The molecule has 1 aromatic carbocycles. The predicted octanol–water partition coefficient (Wildman–Crippen LogP) is 4.99. The molecule has 1 saturated heterocycles. The highest BCUT2D eigenvalue weighted by Crippen LogP contribution is 2.65. The number of piperidine rings is 1. The Hall–Kier alpha value is -1.02. The van der Waals surface area contributed by atoms with E-state index in [9.17, 15) is 0 Å². The van der Waals surface area contributed by atoms with Gasteiger partial charge in [0.2, 0.25) is 0 Å². The fourth-order valence-corrected chi connectivity index (χ4v) is 6.36. The predicted molar refractivity (Wildman–Crippen MR) is 99.8 cm³/mol. The molecule has 1 aromatic rings. The molecule has 0 aromatic heterocycles. The monoisotopic (exact) mass is 327 g/mol. The summed E-state index contributed by atoms with van der Waals surface area (Å²) in [6, 6.07) is 7.72. The van der Waals surface area contributed by atoms with Gasteiger partial charge in [-0.05, 0) is 80.2 Å². The first-order chi connectivity index (χ1) is 11.8. The van der Waals surface area contributed by atoms with Crippen molar-refractivity contribution in [2.45, 2.75) is 83.1 Å². The molecular formula is C22H33NO. The summed E-state index contributed by atoms with van der Waals surface area (Å²) in [6.07, 6.45) is 11.9. The fourth-order valence-electron chi connectivity index (χ4n) is 6.36. The summed E-state index contributed by atoms with van der Waals surface area (Å²) in [5.41, 5.74) is 4.17. The largest absolute Gasteiger partial charge is 0.494 e. The van der Waals surface area contributed by atoms with Crippen molar-refractivity contribution in [2.24, 2.45) is 5.41 Å². The Morgan fingerprint density at radius 1 is 1.12 bits per heavy atom. The van der Waals surface area contributed by atoms with Gasteiger partial charge in [-0.2, -0.15) is 0 Å². The maximum absolute atomic E-state index is 6.00. The van der Waals surface area contributed by atoms with Crippen LogP contribution in [0.4, 0.5) is 0 Å². The summed E-state index contributed by atoms with van der Waals surface area (Å²) in [5, 5.41) is 3.92. The van der Waals surface area contributed by atoms with E-state index >= 15 is 0 Å². The summed E-state index contributed by atoms with van der Waals surface area (Å²) >= 11 is 0. The van der Waals surface area contributed by atoms with E-state index in [1.807, 2.05) is 0 Å². The zero-order valence-electron chi connectivity index (χ0n) is 15.5. The van der Waals surface area contributed by atoms with E-state index < -0.39 is 0 Å². The SMILES string of the molecule is CCCOc1ccc2c(c1)C13CCCC1(CC2)C(CCC)NCC3. The molecule has 24 heavy (non-hydrogen) atoms. The van der Waals surface area contributed by atoms with Crippen molar-refractivity contribution in [3.63, 3.8) is 0 Å². The lowest BCUT2D eigenvalue weighted by Crippen LogP contribution is -2.61. The second-order valence-electron chi connectivity index (χ2n) is 8.30. The van der Waals surface area contributed by atoms with Crippen molar-refractivity contribution < 1.29 is 4.74 Å². The van der Waals surface area contributed by atoms with Crippen LogP contribution in [-0.2, 0) is 11.8 Å². The molecule has 1 N–H and O–H groups in total. The minimum Gasteiger partial charge on any atom is -0.494 e. The average molecular weight is 328 g/mol. The highest BCUT2D eigenvalue weighted by Gasteiger charge is 2.61. The second-order valence-corrected chi connectivity index (χ2v) is 8.30. The van der Waals surface area contributed by atoms with Gasteiger partial charge >= 0.3 is 0 Å². The molecule has 132 valence electrons. The van der Waals surface area contributed by atoms with Gasteiger partial charge in [0.05, 0.1) is 6.61 Å². The van der Waals surface area contributed by atoms with Gasteiger partial charge in [0, 0.05) is 11.5 Å². The molecule has 2 aliphatic carbocycles. The molecule has 1 saturated carbocycles. The molecule has 2 nitrogen and oxygen atoms in total. The van der Waals surface area contributed by atoms with Crippen LogP contribution in [0.3, 0.4) is 0 Å². The first kappa shape index (κ1) is 16.4. The Balaban J connectivity index is 1.77. The van der Waals surface area contributed by atoms with Gasteiger partial charge in [0.1, 0.15) is 5.75 Å². The van der Waals surface area contributed by atoms with Crippen molar-refractivity contribution in [3.05, 3.63) is 29.3 Å². The quantitative estimate of drug-likeness (QED) is 0.822. The molecule has 3 unspecified atom stereocenters. The molecule has 0 amide bonds. The van der Waals surface area contributed by atoms with E-state index in [0.717, 1.165) is 18.8 Å². The summed E-state index contributed by atoms with van der Waals surface area (Å²) in [5.74, 6) is 1.10. The molecule has 1 heterocycles. The van der Waals surface area contributed by atoms with Crippen LogP contribution in [0.2, 0.25) is 0 Å². The van der Waals surface area contributed by atoms with Crippen LogP contribution in [0.1, 0.15) is 76.3 Å². The third-order valence-corrected chi connectivity index (χ3v) is 7.28. The van der Waals surface area contributed by atoms with Gasteiger partial charge in [0.25, 0.3) is 0 Å². The number of benzene rings is 1. The summed E-state index contributed by atoms with van der Waals surface area (Å²) in [6.45, 7) is 6.54. The van der Waals surface area contributed by atoms with Crippen molar-refractivity contribution in [2.75, 3.05) is 13.2 Å². The first-order valence-electron chi connectivity index (χ1n) is 10.3. The average Bonchev–Trinajstić information content (AvgIpc) is 3.02. The van der Waals surface area contributed by atoms with E-state index in [0.29, 0.717) is 16.9 Å². The minimum atomic E-state index is 0.414. The number of hydrogen-bond donors (Lipinski definition) is 1. The smallest absolute Gasteiger partial charge is 0.119 e. The van der Waals surface area contributed by atoms with Crippen LogP contribution in [0, 0.1) is 5.41 Å². The van der Waals surface area contributed by atoms with E-state index in [1.54, 1.807) is 11.1 Å². The molecule has 2 fully saturated rings. The van der Waals surface area contributed by atoms with E-state index in [1.165, 1.54) is 57.9 Å². The van der Waals surface area contributed by atoms with E-state index in [2.05, 4.69) is 37.4 Å². The molecule has 2 heteroatoms. The molecule has 1 aliphatic heterocycles. The molecule has 4 rings (SSSR count). The lowest BCUT2D eigenvalue weighted by molar-refractivity contribution is 0.0267. The van der Waals surface area contributed by atoms with Crippen LogP contribution < -0.4 is 10.1 Å². The van der Waals surface area contributed by atoms with Crippen LogP contribution in [0.25, 0.3) is 0 Å².